The van der Waals surface area contributed by atoms with Crippen molar-refractivity contribution in [1.29, 1.82) is 0 Å². The number of nitro benzene ring substituents is 1. The third kappa shape index (κ3) is 14.6. The van der Waals surface area contributed by atoms with Gasteiger partial charge in [-0.3, -0.25) is 10.1 Å². The fraction of sp³-hybridized carbons (Fsp3) is 0.531. The van der Waals surface area contributed by atoms with Crippen molar-refractivity contribution in [1.82, 2.24) is 0 Å². The van der Waals surface area contributed by atoms with E-state index >= 15 is 0 Å². The molecule has 0 radical (unpaired) electrons. The van der Waals surface area contributed by atoms with E-state index in [1.165, 1.54) is 93.8 Å². The first-order valence-electron chi connectivity index (χ1n) is 14.5. The first kappa shape index (κ1) is 34.5. The summed E-state index contributed by atoms with van der Waals surface area (Å²) in [6, 6.07) is 10.2. The summed E-state index contributed by atoms with van der Waals surface area (Å²) >= 11 is 0. The van der Waals surface area contributed by atoms with E-state index in [1.54, 1.807) is 6.92 Å². The number of hydrogen-bond acceptors (Lipinski definition) is 7. The topological polar surface area (TPSA) is 113 Å². The summed E-state index contributed by atoms with van der Waals surface area (Å²) < 4.78 is 10.6. The number of aryl methyl sites for hydroxylation is 1. The average molecular weight is 556 g/mol. The molecule has 2 aromatic carbocycles. The van der Waals surface area contributed by atoms with Gasteiger partial charge in [-0.2, -0.15) is 0 Å². The lowest BCUT2D eigenvalue weighted by molar-refractivity contribution is -0.385. The van der Waals surface area contributed by atoms with Gasteiger partial charge < -0.3 is 14.3 Å². The minimum absolute atomic E-state index is 0.0798. The van der Waals surface area contributed by atoms with Gasteiger partial charge in [0.15, 0.2) is 0 Å². The highest BCUT2D eigenvalue weighted by atomic mass is 16.6. The molecule has 40 heavy (non-hydrogen) atoms. The fourth-order valence-electron chi connectivity index (χ4n) is 3.90. The summed E-state index contributed by atoms with van der Waals surface area (Å²) in [6.07, 6.45) is 15.9. The molecule has 0 aliphatic rings. The van der Waals surface area contributed by atoms with Gasteiger partial charge in [-0.05, 0) is 50.1 Å². The van der Waals surface area contributed by atoms with Crippen molar-refractivity contribution in [3.63, 3.8) is 0 Å². The average Bonchev–Trinajstić information content (AvgIpc) is 2.95. The van der Waals surface area contributed by atoms with E-state index in [0.29, 0.717) is 17.7 Å². The van der Waals surface area contributed by atoms with E-state index in [0.717, 1.165) is 38.4 Å². The predicted octanol–water partition coefficient (Wildman–Crippen LogP) is 8.58. The molecular weight excluding hydrogens is 510 g/mol. The van der Waals surface area contributed by atoms with Crippen molar-refractivity contribution in [2.75, 3.05) is 6.61 Å². The largest absolute Gasteiger partial charge is 0.462 e. The molecule has 0 aromatic heterocycles. The summed E-state index contributed by atoms with van der Waals surface area (Å²) in [5.41, 5.74) is 0.766. The molecule has 220 valence electrons. The van der Waals surface area contributed by atoms with Gasteiger partial charge >= 0.3 is 11.9 Å². The first-order valence-corrected chi connectivity index (χ1v) is 14.5. The van der Waals surface area contributed by atoms with Gasteiger partial charge in [0.05, 0.1) is 22.7 Å². The maximum atomic E-state index is 12.3. The molecule has 0 heterocycles. The van der Waals surface area contributed by atoms with E-state index in [1.807, 2.05) is 0 Å². The summed E-state index contributed by atoms with van der Waals surface area (Å²) in [5.74, 6) is -0.893. The molecule has 0 amide bonds. The van der Waals surface area contributed by atoms with Crippen LogP contribution in [0.15, 0.2) is 42.5 Å². The Hall–Kier alpha value is -3.55. The van der Waals surface area contributed by atoms with Crippen LogP contribution in [0.5, 0.6) is 5.75 Å². The van der Waals surface area contributed by atoms with Crippen molar-refractivity contribution in [3.8, 4) is 5.75 Å². The molecule has 0 bridgehead atoms. The summed E-state index contributed by atoms with van der Waals surface area (Å²) in [6.45, 7) is 6.35. The lowest BCUT2D eigenvalue weighted by atomic mass is 10.1. The smallest absolute Gasteiger partial charge is 0.343 e. The Bertz CT molecular complexity index is 1030. The number of carbonyl (C=O) groups is 3. The fourth-order valence-corrected chi connectivity index (χ4v) is 3.90. The van der Waals surface area contributed by atoms with E-state index in [4.69, 9.17) is 9.47 Å². The zero-order valence-electron chi connectivity index (χ0n) is 24.3. The summed E-state index contributed by atoms with van der Waals surface area (Å²) in [7, 11) is 0. The number of nitro groups is 1. The zero-order valence-corrected chi connectivity index (χ0v) is 24.3. The van der Waals surface area contributed by atoms with Crippen LogP contribution in [-0.2, 0) is 9.53 Å². The van der Waals surface area contributed by atoms with E-state index in [2.05, 4.69) is 13.8 Å². The van der Waals surface area contributed by atoms with Crippen molar-refractivity contribution in [2.45, 2.75) is 104 Å². The Balaban J connectivity index is 0.000000869. The Labute approximate surface area is 238 Å². The van der Waals surface area contributed by atoms with Crippen LogP contribution in [0.4, 0.5) is 5.69 Å². The van der Waals surface area contributed by atoms with Gasteiger partial charge in [-0.25, -0.2) is 9.59 Å². The second-order valence-corrected chi connectivity index (χ2v) is 9.80. The molecule has 0 aliphatic heterocycles. The lowest BCUT2D eigenvalue weighted by Gasteiger charge is -2.07. The molecule has 2 aromatic rings. The van der Waals surface area contributed by atoms with Crippen LogP contribution in [0.3, 0.4) is 0 Å². The molecule has 0 aliphatic carbocycles. The number of esters is 2. The molecule has 0 unspecified atom stereocenters. The number of ether oxygens (including phenoxy) is 2. The number of benzene rings is 2. The number of unbranched alkanes of at least 4 members (excludes halogenated alkanes) is 11. The minimum atomic E-state index is -0.710. The molecule has 2 rings (SSSR count). The quantitative estimate of drug-likeness (QED) is 0.0452. The molecule has 0 saturated heterocycles. The minimum Gasteiger partial charge on any atom is -0.462 e. The summed E-state index contributed by atoms with van der Waals surface area (Å²) in [5, 5.41) is 11.0. The lowest BCUT2D eigenvalue weighted by Crippen LogP contribution is -2.10. The molecule has 8 heteroatoms. The number of aldehydes is 1. The molecule has 0 spiro atoms. The molecule has 0 atom stereocenters. The van der Waals surface area contributed by atoms with Crippen LogP contribution in [0.2, 0.25) is 0 Å². The van der Waals surface area contributed by atoms with E-state index in [9.17, 15) is 24.5 Å². The van der Waals surface area contributed by atoms with E-state index < -0.39 is 16.9 Å². The van der Waals surface area contributed by atoms with Crippen molar-refractivity contribution in [3.05, 3.63) is 69.3 Å². The Morgan fingerprint density at radius 1 is 0.775 bits per heavy atom. The van der Waals surface area contributed by atoms with Crippen LogP contribution in [0.25, 0.3) is 0 Å². The SMILES string of the molecule is CCCCCCC=O.CCCCCCCCCCOC(=O)c1ccc(OC(=O)c2ccc(C)c([N+](=O)[O-])c2)cc1. The van der Waals surface area contributed by atoms with Crippen LogP contribution >= 0.6 is 0 Å². The van der Waals surface area contributed by atoms with Crippen LogP contribution < -0.4 is 4.74 Å². The summed E-state index contributed by atoms with van der Waals surface area (Å²) in [4.78, 5) is 44.7. The van der Waals surface area contributed by atoms with Crippen LogP contribution in [-0.4, -0.2) is 29.8 Å². The normalized spacial score (nSPS) is 10.3. The third-order valence-corrected chi connectivity index (χ3v) is 6.35. The van der Waals surface area contributed by atoms with Crippen molar-refractivity contribution < 1.29 is 28.8 Å². The Morgan fingerprint density at radius 3 is 1.90 bits per heavy atom. The van der Waals surface area contributed by atoms with Gasteiger partial charge in [0.1, 0.15) is 12.0 Å². The molecule has 0 N–H and O–H groups in total. The monoisotopic (exact) mass is 555 g/mol. The molecule has 0 saturated carbocycles. The third-order valence-electron chi connectivity index (χ3n) is 6.35. The number of nitrogens with zero attached hydrogens (tertiary/aromatic N) is 1. The standard InChI is InChI=1S/C25H31NO6.C7H14O/c1-3-4-5-6-7-8-9-10-17-31-24(27)20-13-15-22(16-14-20)32-25(28)21-12-11-19(2)23(18-21)26(29)30;1-2-3-4-5-6-7-8/h11-16,18H,3-10,17H2,1-2H3;7H,2-6H2,1H3. The highest BCUT2D eigenvalue weighted by molar-refractivity contribution is 5.92. The Kier molecular flexibility index (Phi) is 18.4. The highest BCUT2D eigenvalue weighted by Crippen LogP contribution is 2.21. The van der Waals surface area contributed by atoms with Gasteiger partial charge in [0, 0.05) is 18.1 Å². The second-order valence-electron chi connectivity index (χ2n) is 9.80. The van der Waals surface area contributed by atoms with Gasteiger partial charge in [-0.1, -0.05) is 84.1 Å². The predicted molar refractivity (Wildman–Crippen MR) is 157 cm³/mol. The van der Waals surface area contributed by atoms with Crippen LogP contribution in [0.1, 0.15) is 124 Å². The Morgan fingerprint density at radius 2 is 1.32 bits per heavy atom. The highest BCUT2D eigenvalue weighted by Gasteiger charge is 2.17. The maximum absolute atomic E-state index is 12.3. The van der Waals surface area contributed by atoms with Crippen LogP contribution in [0, 0.1) is 17.0 Å². The second kappa shape index (κ2) is 21.3. The van der Waals surface area contributed by atoms with Gasteiger partial charge in [-0.15, -0.1) is 0 Å². The van der Waals surface area contributed by atoms with Gasteiger partial charge in [0.2, 0.25) is 0 Å². The molecule has 8 nitrogen and oxygen atoms in total. The molecule has 0 fully saturated rings. The zero-order chi connectivity index (χ0) is 29.6. The molecular formula is C32H45NO7. The van der Waals surface area contributed by atoms with Gasteiger partial charge in [0.25, 0.3) is 5.69 Å². The number of hydrogen-bond donors (Lipinski definition) is 0. The first-order chi connectivity index (χ1) is 19.3. The van der Waals surface area contributed by atoms with E-state index in [-0.39, 0.29) is 17.0 Å². The van der Waals surface area contributed by atoms with Crippen molar-refractivity contribution in [2.24, 2.45) is 0 Å². The number of rotatable bonds is 18. The maximum Gasteiger partial charge on any atom is 0.343 e. The van der Waals surface area contributed by atoms with Crippen molar-refractivity contribution >= 4 is 23.9 Å². The number of carbonyl (C=O) groups excluding carboxylic acids is 3.